The van der Waals surface area contributed by atoms with E-state index in [1.54, 1.807) is 12.4 Å². The van der Waals surface area contributed by atoms with E-state index in [4.69, 9.17) is 4.52 Å². The number of nitrogens with zero attached hydrogens (tertiary/aromatic N) is 6. The van der Waals surface area contributed by atoms with Crippen molar-refractivity contribution in [2.24, 2.45) is 11.8 Å². The van der Waals surface area contributed by atoms with Crippen molar-refractivity contribution in [2.75, 3.05) is 0 Å². The van der Waals surface area contributed by atoms with Crippen LogP contribution in [0.5, 0.6) is 0 Å². The van der Waals surface area contributed by atoms with E-state index in [0.29, 0.717) is 18.3 Å². The number of pyridine rings is 1. The second-order valence-electron chi connectivity index (χ2n) is 7.44. The number of hydrogen-bond donors (Lipinski definition) is 1. The van der Waals surface area contributed by atoms with Crippen molar-refractivity contribution >= 4 is 5.91 Å². The molecule has 4 rings (SSSR count). The Labute approximate surface area is 162 Å². The van der Waals surface area contributed by atoms with Gasteiger partial charge in [0.25, 0.3) is 0 Å². The molecule has 3 aromatic heterocycles. The summed E-state index contributed by atoms with van der Waals surface area (Å²) in [5.41, 5.74) is 0.772. The standard InChI is InChI=1S/C19H23N7O2/c1-11(2)16(19-22-17(25-28-19)13-5-4-8-20-9-13)21-18(27)14-6-7-15-24-23-12(3)26(15)10-14/h4-5,8-9,11,14,16H,6-7,10H2,1-3H3,(H,21,27)/t14-,16-/m0/s1. The number of nitrogens with one attached hydrogen (secondary N) is 1. The molecule has 1 amide bonds. The van der Waals surface area contributed by atoms with Gasteiger partial charge in [-0.15, -0.1) is 10.2 Å². The van der Waals surface area contributed by atoms with Crippen molar-refractivity contribution in [3.05, 3.63) is 42.1 Å². The lowest BCUT2D eigenvalue weighted by atomic mass is 9.96. The summed E-state index contributed by atoms with van der Waals surface area (Å²) in [6.07, 6.45) is 4.87. The third-order valence-corrected chi connectivity index (χ3v) is 5.09. The summed E-state index contributed by atoms with van der Waals surface area (Å²) in [5.74, 6) is 2.60. The van der Waals surface area contributed by atoms with Crippen LogP contribution in [0, 0.1) is 18.8 Å². The second-order valence-corrected chi connectivity index (χ2v) is 7.44. The number of rotatable bonds is 5. The van der Waals surface area contributed by atoms with Crippen LogP contribution in [0.25, 0.3) is 11.4 Å². The van der Waals surface area contributed by atoms with Crippen molar-refractivity contribution in [2.45, 2.75) is 46.2 Å². The number of aromatic nitrogens is 6. The largest absolute Gasteiger partial charge is 0.344 e. The van der Waals surface area contributed by atoms with Crippen LogP contribution >= 0.6 is 0 Å². The first-order valence-electron chi connectivity index (χ1n) is 9.46. The molecule has 0 spiro atoms. The molecule has 4 heterocycles. The summed E-state index contributed by atoms with van der Waals surface area (Å²) in [5, 5.41) is 15.4. The molecule has 0 bridgehead atoms. The van der Waals surface area contributed by atoms with E-state index in [1.165, 1.54) is 0 Å². The average molecular weight is 381 g/mol. The van der Waals surface area contributed by atoms with Gasteiger partial charge < -0.3 is 14.4 Å². The van der Waals surface area contributed by atoms with Crippen LogP contribution in [0.2, 0.25) is 0 Å². The normalized spacial score (nSPS) is 17.4. The minimum absolute atomic E-state index is 0.0152. The molecule has 0 unspecified atom stereocenters. The van der Waals surface area contributed by atoms with Crippen molar-refractivity contribution < 1.29 is 9.32 Å². The van der Waals surface area contributed by atoms with Crippen molar-refractivity contribution in [1.82, 2.24) is 35.2 Å². The Bertz CT molecular complexity index is 964. The molecule has 1 aliphatic heterocycles. The Kier molecular flexibility index (Phi) is 4.89. The Morgan fingerprint density at radius 2 is 2.21 bits per heavy atom. The zero-order chi connectivity index (χ0) is 19.7. The van der Waals surface area contributed by atoms with Gasteiger partial charge >= 0.3 is 0 Å². The first-order chi connectivity index (χ1) is 13.5. The maximum absolute atomic E-state index is 12.9. The van der Waals surface area contributed by atoms with Gasteiger partial charge in [0.2, 0.25) is 17.6 Å². The monoisotopic (exact) mass is 381 g/mol. The predicted octanol–water partition coefficient (Wildman–Crippen LogP) is 2.11. The van der Waals surface area contributed by atoms with Gasteiger partial charge in [-0.05, 0) is 31.4 Å². The molecule has 2 atom stereocenters. The zero-order valence-corrected chi connectivity index (χ0v) is 16.2. The second kappa shape index (κ2) is 7.49. The predicted molar refractivity (Wildman–Crippen MR) is 99.8 cm³/mol. The third kappa shape index (κ3) is 3.51. The van der Waals surface area contributed by atoms with Gasteiger partial charge in [-0.25, -0.2) is 0 Å². The molecule has 0 saturated heterocycles. The van der Waals surface area contributed by atoms with E-state index in [1.807, 2.05) is 37.5 Å². The number of carbonyl (C=O) groups is 1. The Balaban J connectivity index is 1.49. The van der Waals surface area contributed by atoms with E-state index in [0.717, 1.165) is 30.1 Å². The highest BCUT2D eigenvalue weighted by Gasteiger charge is 2.31. The lowest BCUT2D eigenvalue weighted by Crippen LogP contribution is -2.40. The zero-order valence-electron chi connectivity index (χ0n) is 16.2. The van der Waals surface area contributed by atoms with Gasteiger partial charge in [0.1, 0.15) is 17.7 Å². The first-order valence-corrected chi connectivity index (χ1v) is 9.46. The molecule has 3 aromatic rings. The maximum atomic E-state index is 12.9. The van der Waals surface area contributed by atoms with E-state index in [-0.39, 0.29) is 23.8 Å². The summed E-state index contributed by atoms with van der Waals surface area (Å²) in [7, 11) is 0. The van der Waals surface area contributed by atoms with Crippen LogP contribution < -0.4 is 5.32 Å². The highest BCUT2D eigenvalue weighted by Crippen LogP contribution is 2.26. The van der Waals surface area contributed by atoms with E-state index >= 15 is 0 Å². The van der Waals surface area contributed by atoms with Gasteiger partial charge in [0, 0.05) is 30.9 Å². The Morgan fingerprint density at radius 1 is 1.36 bits per heavy atom. The number of aryl methyl sites for hydroxylation is 2. The van der Waals surface area contributed by atoms with E-state index < -0.39 is 0 Å². The summed E-state index contributed by atoms with van der Waals surface area (Å²) < 4.78 is 7.48. The molecule has 9 heteroatoms. The van der Waals surface area contributed by atoms with Crippen LogP contribution in [0.1, 0.15) is 43.8 Å². The quantitative estimate of drug-likeness (QED) is 0.720. The number of fused-ring (bicyclic) bond motifs is 1. The van der Waals surface area contributed by atoms with Gasteiger partial charge in [0.05, 0.1) is 5.92 Å². The highest BCUT2D eigenvalue weighted by atomic mass is 16.5. The first kappa shape index (κ1) is 18.3. The fourth-order valence-electron chi connectivity index (χ4n) is 3.43. The highest BCUT2D eigenvalue weighted by molar-refractivity contribution is 5.79. The van der Waals surface area contributed by atoms with Crippen LogP contribution in [0.3, 0.4) is 0 Å². The topological polar surface area (TPSA) is 112 Å². The number of hydrogen-bond acceptors (Lipinski definition) is 7. The summed E-state index contributed by atoms with van der Waals surface area (Å²) in [6, 6.07) is 3.33. The van der Waals surface area contributed by atoms with Gasteiger partial charge in [-0.1, -0.05) is 19.0 Å². The summed E-state index contributed by atoms with van der Waals surface area (Å²) in [6.45, 7) is 6.53. The Morgan fingerprint density at radius 3 is 2.96 bits per heavy atom. The van der Waals surface area contributed by atoms with Gasteiger partial charge in [0.15, 0.2) is 0 Å². The molecule has 1 aliphatic rings. The molecule has 0 aliphatic carbocycles. The SMILES string of the molecule is Cc1nnc2n1C[C@@H](C(=O)N[C@H](c1nc(-c3cccnc3)no1)C(C)C)CC2. The molecule has 0 fully saturated rings. The number of amides is 1. The summed E-state index contributed by atoms with van der Waals surface area (Å²) >= 11 is 0. The van der Waals surface area contributed by atoms with E-state index in [2.05, 4.69) is 30.6 Å². The minimum atomic E-state index is -0.353. The van der Waals surface area contributed by atoms with Gasteiger partial charge in [-0.2, -0.15) is 4.98 Å². The van der Waals surface area contributed by atoms with Gasteiger partial charge in [-0.3, -0.25) is 9.78 Å². The van der Waals surface area contributed by atoms with E-state index in [9.17, 15) is 4.79 Å². The smallest absolute Gasteiger partial charge is 0.249 e. The molecule has 28 heavy (non-hydrogen) atoms. The molecule has 0 saturated carbocycles. The molecule has 9 nitrogen and oxygen atoms in total. The van der Waals surface area contributed by atoms with Crippen molar-refractivity contribution in [1.29, 1.82) is 0 Å². The van der Waals surface area contributed by atoms with Crippen LogP contribution in [-0.2, 0) is 17.8 Å². The lowest BCUT2D eigenvalue weighted by molar-refractivity contribution is -0.127. The maximum Gasteiger partial charge on any atom is 0.249 e. The molecule has 0 aromatic carbocycles. The van der Waals surface area contributed by atoms with Crippen LogP contribution in [-0.4, -0.2) is 35.8 Å². The molecular weight excluding hydrogens is 358 g/mol. The van der Waals surface area contributed by atoms with Crippen molar-refractivity contribution in [3.63, 3.8) is 0 Å². The average Bonchev–Trinajstić information content (AvgIpc) is 3.33. The Hall–Kier alpha value is -3.10. The molecule has 146 valence electrons. The number of carbonyl (C=O) groups excluding carboxylic acids is 1. The van der Waals surface area contributed by atoms with Crippen molar-refractivity contribution in [3.8, 4) is 11.4 Å². The summed E-state index contributed by atoms with van der Waals surface area (Å²) in [4.78, 5) is 21.5. The fraction of sp³-hybridized carbons (Fsp3) is 0.474. The molecule has 0 radical (unpaired) electrons. The molecular formula is C19H23N7O2. The minimum Gasteiger partial charge on any atom is -0.344 e. The van der Waals surface area contributed by atoms with Crippen LogP contribution in [0.15, 0.2) is 29.0 Å². The van der Waals surface area contributed by atoms with Crippen LogP contribution in [0.4, 0.5) is 0 Å². The third-order valence-electron chi connectivity index (χ3n) is 5.09. The fourth-order valence-corrected chi connectivity index (χ4v) is 3.43. The lowest BCUT2D eigenvalue weighted by Gasteiger charge is -2.26. The molecule has 1 N–H and O–H groups in total.